The number of hydrogen-bond donors (Lipinski definition) is 0. The van der Waals surface area contributed by atoms with Gasteiger partial charge in [-0.05, 0) is 24.6 Å². The molecule has 1 heterocycles. The number of nitro groups is 2. The zero-order valence-corrected chi connectivity index (χ0v) is 16.8. The Kier molecular flexibility index (Phi) is 5.62. The highest BCUT2D eigenvalue weighted by Crippen LogP contribution is 2.43. The quantitative estimate of drug-likeness (QED) is 0.506. The maximum atomic E-state index is 13.1. The van der Waals surface area contributed by atoms with E-state index in [0.717, 1.165) is 6.07 Å². The second-order valence-corrected chi connectivity index (χ2v) is 9.50. The lowest BCUT2D eigenvalue weighted by Crippen LogP contribution is -2.30. The minimum absolute atomic E-state index is 0.0414. The largest absolute Gasteiger partial charge is 0.288 e. The van der Waals surface area contributed by atoms with Crippen molar-refractivity contribution < 1.29 is 18.3 Å². The van der Waals surface area contributed by atoms with E-state index in [-0.39, 0.29) is 27.8 Å². The minimum atomic E-state index is -4.05. The van der Waals surface area contributed by atoms with Crippen molar-refractivity contribution in [3.8, 4) is 0 Å². The average Bonchev–Trinajstić information content (AvgIpc) is 3.12. The number of hydrogen-bond acceptors (Lipinski definition) is 7. The number of aryl methyl sites for hydroxylation is 1. The molecule has 3 rings (SSSR count). The molecule has 1 unspecified atom stereocenters. The summed E-state index contributed by atoms with van der Waals surface area (Å²) >= 11 is 7.15. The molecule has 0 aliphatic carbocycles. The monoisotopic (exact) mass is 443 g/mol. The Labute approximate surface area is 169 Å². The number of sulfonamides is 1. The Morgan fingerprint density at radius 2 is 1.79 bits per heavy atom. The summed E-state index contributed by atoms with van der Waals surface area (Å²) in [5, 5.41) is 21.6. The molecule has 0 amide bonds. The molecule has 0 N–H and O–H groups in total. The van der Waals surface area contributed by atoms with Crippen LogP contribution in [0.15, 0.2) is 41.3 Å². The van der Waals surface area contributed by atoms with Crippen LogP contribution in [0, 0.1) is 27.2 Å². The molecule has 1 aliphatic rings. The highest BCUT2D eigenvalue weighted by atomic mass is 35.5. The standard InChI is InChI=1S/C16H14ClN3O6S2/c1-10-2-4-12(9-14(10)19(21)22)28(25,26)18-6-7-27-16(18)11-3-5-13(17)15(8-11)20(23)24/h2-5,8-9,16H,6-7H2,1H3. The zero-order chi connectivity index (χ0) is 20.6. The smallest absolute Gasteiger partial charge is 0.258 e. The van der Waals surface area contributed by atoms with Gasteiger partial charge >= 0.3 is 0 Å². The van der Waals surface area contributed by atoms with Crippen LogP contribution in [0.2, 0.25) is 5.02 Å². The van der Waals surface area contributed by atoms with E-state index in [0.29, 0.717) is 16.9 Å². The van der Waals surface area contributed by atoms with Crippen LogP contribution in [0.5, 0.6) is 0 Å². The number of benzene rings is 2. The molecule has 1 fully saturated rings. The normalized spacial score (nSPS) is 17.6. The molecule has 2 aromatic carbocycles. The predicted octanol–water partition coefficient (Wildman–Crippen LogP) is 3.90. The summed E-state index contributed by atoms with van der Waals surface area (Å²) in [5.74, 6) is 0.480. The molecule has 0 bridgehead atoms. The maximum absolute atomic E-state index is 13.1. The lowest BCUT2D eigenvalue weighted by atomic mass is 10.2. The summed E-state index contributed by atoms with van der Waals surface area (Å²) < 4.78 is 27.4. The second-order valence-electron chi connectivity index (χ2n) is 6.01. The van der Waals surface area contributed by atoms with Gasteiger partial charge in [-0.15, -0.1) is 11.8 Å². The first-order chi connectivity index (χ1) is 13.1. The fraction of sp³-hybridized carbons (Fsp3) is 0.250. The van der Waals surface area contributed by atoms with Crippen molar-refractivity contribution in [2.45, 2.75) is 17.2 Å². The topological polar surface area (TPSA) is 124 Å². The lowest BCUT2D eigenvalue weighted by molar-refractivity contribution is -0.385. The Morgan fingerprint density at radius 3 is 2.43 bits per heavy atom. The van der Waals surface area contributed by atoms with E-state index in [9.17, 15) is 28.6 Å². The molecule has 0 saturated carbocycles. The fourth-order valence-corrected chi connectivity index (χ4v) is 6.31. The molecular formula is C16H14ClN3O6S2. The van der Waals surface area contributed by atoms with E-state index in [1.165, 1.54) is 47.3 Å². The number of thioether (sulfide) groups is 1. The first-order valence-corrected chi connectivity index (χ1v) is 10.8. The fourth-order valence-electron chi connectivity index (χ4n) is 2.87. The molecular weight excluding hydrogens is 430 g/mol. The second kappa shape index (κ2) is 7.66. The molecule has 0 aromatic heterocycles. The van der Waals surface area contributed by atoms with Crippen molar-refractivity contribution >= 4 is 44.8 Å². The van der Waals surface area contributed by atoms with E-state index in [4.69, 9.17) is 11.6 Å². The van der Waals surface area contributed by atoms with Crippen LogP contribution in [0.3, 0.4) is 0 Å². The van der Waals surface area contributed by atoms with Gasteiger partial charge in [0.2, 0.25) is 10.0 Å². The van der Waals surface area contributed by atoms with Gasteiger partial charge in [-0.1, -0.05) is 23.7 Å². The molecule has 0 radical (unpaired) electrons. The molecule has 28 heavy (non-hydrogen) atoms. The summed E-state index contributed by atoms with van der Waals surface area (Å²) in [4.78, 5) is 20.8. The van der Waals surface area contributed by atoms with Crippen molar-refractivity contribution in [3.63, 3.8) is 0 Å². The molecule has 148 valence electrons. The van der Waals surface area contributed by atoms with Gasteiger partial charge in [0.15, 0.2) is 0 Å². The summed E-state index contributed by atoms with van der Waals surface area (Å²) in [7, 11) is -4.05. The van der Waals surface area contributed by atoms with Crippen LogP contribution < -0.4 is 0 Å². The molecule has 1 aliphatic heterocycles. The van der Waals surface area contributed by atoms with Gasteiger partial charge in [0.1, 0.15) is 5.02 Å². The van der Waals surface area contributed by atoms with Gasteiger partial charge in [-0.25, -0.2) is 8.42 Å². The van der Waals surface area contributed by atoms with Gasteiger partial charge in [0, 0.05) is 30.0 Å². The highest BCUT2D eigenvalue weighted by Gasteiger charge is 2.38. The summed E-state index contributed by atoms with van der Waals surface area (Å²) in [6, 6.07) is 7.90. The van der Waals surface area contributed by atoms with Crippen molar-refractivity contribution in [2.75, 3.05) is 12.3 Å². The maximum Gasteiger partial charge on any atom is 0.288 e. The molecule has 9 nitrogen and oxygen atoms in total. The minimum Gasteiger partial charge on any atom is -0.258 e. The van der Waals surface area contributed by atoms with Crippen LogP contribution >= 0.6 is 23.4 Å². The summed E-state index contributed by atoms with van der Waals surface area (Å²) in [6.45, 7) is 1.70. The first-order valence-electron chi connectivity index (χ1n) is 7.95. The van der Waals surface area contributed by atoms with Gasteiger partial charge in [-0.3, -0.25) is 20.2 Å². The van der Waals surface area contributed by atoms with Crippen LogP contribution in [0.25, 0.3) is 0 Å². The van der Waals surface area contributed by atoms with Crippen molar-refractivity contribution in [3.05, 3.63) is 72.8 Å². The Balaban J connectivity index is 2.03. The van der Waals surface area contributed by atoms with E-state index >= 15 is 0 Å². The van der Waals surface area contributed by atoms with E-state index in [1.807, 2.05) is 0 Å². The third kappa shape index (κ3) is 3.70. The molecule has 2 aromatic rings. The lowest BCUT2D eigenvalue weighted by Gasteiger charge is -2.23. The first kappa shape index (κ1) is 20.5. The number of nitro benzene ring substituents is 2. The molecule has 1 atom stereocenters. The third-order valence-electron chi connectivity index (χ3n) is 4.28. The number of nitrogens with zero attached hydrogens (tertiary/aromatic N) is 3. The van der Waals surface area contributed by atoms with E-state index in [1.54, 1.807) is 6.07 Å². The van der Waals surface area contributed by atoms with Crippen LogP contribution in [-0.2, 0) is 10.0 Å². The Bertz CT molecular complexity index is 1080. The SMILES string of the molecule is Cc1ccc(S(=O)(=O)N2CCSC2c2ccc(Cl)c([N+](=O)[O-])c2)cc1[N+](=O)[O-]. The average molecular weight is 444 g/mol. The van der Waals surface area contributed by atoms with E-state index in [2.05, 4.69) is 0 Å². The van der Waals surface area contributed by atoms with Crippen LogP contribution in [-0.4, -0.2) is 34.9 Å². The summed E-state index contributed by atoms with van der Waals surface area (Å²) in [6.07, 6.45) is 0. The van der Waals surface area contributed by atoms with Crippen molar-refractivity contribution in [1.29, 1.82) is 0 Å². The van der Waals surface area contributed by atoms with Gasteiger partial charge in [0.25, 0.3) is 11.4 Å². The number of halogens is 1. The van der Waals surface area contributed by atoms with Crippen LogP contribution in [0.4, 0.5) is 11.4 Å². The third-order valence-corrected chi connectivity index (χ3v) is 7.86. The van der Waals surface area contributed by atoms with Gasteiger partial charge < -0.3 is 0 Å². The number of rotatable bonds is 5. The Morgan fingerprint density at radius 1 is 1.11 bits per heavy atom. The van der Waals surface area contributed by atoms with Crippen molar-refractivity contribution in [1.82, 2.24) is 4.31 Å². The highest BCUT2D eigenvalue weighted by molar-refractivity contribution is 8.01. The van der Waals surface area contributed by atoms with Crippen molar-refractivity contribution in [2.24, 2.45) is 0 Å². The predicted molar refractivity (Wildman–Crippen MR) is 105 cm³/mol. The van der Waals surface area contributed by atoms with Gasteiger partial charge in [0.05, 0.1) is 20.1 Å². The van der Waals surface area contributed by atoms with Gasteiger partial charge in [-0.2, -0.15) is 4.31 Å². The summed E-state index contributed by atoms with van der Waals surface area (Å²) in [5.41, 5.74) is 0.176. The molecule has 0 spiro atoms. The molecule has 1 saturated heterocycles. The zero-order valence-electron chi connectivity index (χ0n) is 14.4. The van der Waals surface area contributed by atoms with Crippen LogP contribution in [0.1, 0.15) is 16.5 Å². The molecule has 12 heteroatoms. The Hall–Kier alpha value is -2.21. The van der Waals surface area contributed by atoms with E-state index < -0.39 is 25.2 Å².